The van der Waals surface area contributed by atoms with Gasteiger partial charge >= 0.3 is 0 Å². The fourth-order valence-electron chi connectivity index (χ4n) is 3.43. The van der Waals surface area contributed by atoms with Crippen molar-refractivity contribution in [2.24, 2.45) is 5.92 Å². The van der Waals surface area contributed by atoms with Crippen molar-refractivity contribution in [2.75, 3.05) is 40.4 Å². The van der Waals surface area contributed by atoms with Gasteiger partial charge in [0.15, 0.2) is 0 Å². The van der Waals surface area contributed by atoms with Crippen molar-refractivity contribution in [3.05, 3.63) is 11.6 Å². The number of allylic oxidation sites excluding steroid dienone is 1. The normalized spacial score (nSPS) is 21.7. The van der Waals surface area contributed by atoms with Crippen molar-refractivity contribution >= 4 is 11.8 Å². The summed E-state index contributed by atoms with van der Waals surface area (Å²) in [6.45, 7) is 2.51. The van der Waals surface area contributed by atoms with Crippen LogP contribution < -0.4 is 0 Å². The van der Waals surface area contributed by atoms with Gasteiger partial charge in [-0.15, -0.1) is 0 Å². The molecule has 0 aromatic rings. The number of methoxy groups -OCH3 is 1. The number of carbonyl (C=O) groups excluding carboxylic acids is 2. The van der Waals surface area contributed by atoms with Gasteiger partial charge in [-0.05, 0) is 38.5 Å². The lowest BCUT2D eigenvalue weighted by molar-refractivity contribution is -0.140. The predicted octanol–water partition coefficient (Wildman–Crippen LogP) is 2.22. The van der Waals surface area contributed by atoms with Crippen molar-refractivity contribution in [3.63, 3.8) is 0 Å². The van der Waals surface area contributed by atoms with E-state index in [2.05, 4.69) is 6.08 Å². The second kappa shape index (κ2) is 9.06. The van der Waals surface area contributed by atoms with Crippen molar-refractivity contribution in [2.45, 2.75) is 44.9 Å². The summed E-state index contributed by atoms with van der Waals surface area (Å²) in [7, 11) is 3.45. The first kappa shape index (κ1) is 18.0. The van der Waals surface area contributed by atoms with Crippen LogP contribution in [0.5, 0.6) is 0 Å². The highest BCUT2D eigenvalue weighted by molar-refractivity contribution is 5.82. The lowest BCUT2D eigenvalue weighted by Gasteiger charge is -2.34. The van der Waals surface area contributed by atoms with Crippen LogP contribution in [0.25, 0.3) is 0 Å². The molecule has 1 aliphatic carbocycles. The van der Waals surface area contributed by atoms with Crippen molar-refractivity contribution in [1.82, 2.24) is 9.80 Å². The zero-order valence-electron chi connectivity index (χ0n) is 14.6. The zero-order chi connectivity index (χ0) is 16.7. The van der Waals surface area contributed by atoms with E-state index in [1.165, 1.54) is 18.4 Å². The van der Waals surface area contributed by atoms with E-state index in [0.29, 0.717) is 26.1 Å². The van der Waals surface area contributed by atoms with Crippen LogP contribution in [0.2, 0.25) is 0 Å². The van der Waals surface area contributed by atoms with E-state index in [1.807, 2.05) is 11.9 Å². The minimum atomic E-state index is -0.0603. The van der Waals surface area contributed by atoms with Gasteiger partial charge in [-0.1, -0.05) is 11.6 Å². The number of carbonyl (C=O) groups is 2. The molecule has 1 atom stereocenters. The molecule has 130 valence electrons. The first-order valence-corrected chi connectivity index (χ1v) is 8.81. The van der Waals surface area contributed by atoms with Crippen molar-refractivity contribution in [1.29, 1.82) is 0 Å². The Balaban J connectivity index is 1.85. The Morgan fingerprint density at radius 1 is 1.35 bits per heavy atom. The van der Waals surface area contributed by atoms with Gasteiger partial charge in [0.2, 0.25) is 11.8 Å². The van der Waals surface area contributed by atoms with E-state index < -0.39 is 0 Å². The van der Waals surface area contributed by atoms with Gasteiger partial charge in [0.1, 0.15) is 0 Å². The lowest BCUT2D eigenvalue weighted by Crippen LogP contribution is -2.46. The van der Waals surface area contributed by atoms with E-state index in [1.54, 1.807) is 12.0 Å². The monoisotopic (exact) mass is 322 g/mol. The fourth-order valence-corrected chi connectivity index (χ4v) is 3.43. The summed E-state index contributed by atoms with van der Waals surface area (Å²) in [6, 6.07) is 0. The van der Waals surface area contributed by atoms with E-state index >= 15 is 0 Å². The van der Waals surface area contributed by atoms with Gasteiger partial charge in [0, 0.05) is 40.2 Å². The minimum Gasteiger partial charge on any atom is -0.383 e. The Kier molecular flexibility index (Phi) is 7.09. The molecule has 0 aromatic carbocycles. The molecule has 0 bridgehead atoms. The van der Waals surface area contributed by atoms with Gasteiger partial charge < -0.3 is 14.5 Å². The highest BCUT2D eigenvalue weighted by atomic mass is 16.5. The van der Waals surface area contributed by atoms with Crippen LogP contribution in [0.1, 0.15) is 44.9 Å². The number of rotatable bonds is 6. The Bertz CT molecular complexity index is 448. The SMILES string of the molecule is COCCN(C)C(=O)[C@H]1CCCN(C(=O)CC2=CCCCC2)C1. The first-order valence-electron chi connectivity index (χ1n) is 8.81. The molecule has 1 aliphatic heterocycles. The first-order chi connectivity index (χ1) is 11.1. The largest absolute Gasteiger partial charge is 0.383 e. The summed E-state index contributed by atoms with van der Waals surface area (Å²) < 4.78 is 5.03. The van der Waals surface area contributed by atoms with E-state index in [0.717, 1.165) is 32.2 Å². The molecule has 1 heterocycles. The van der Waals surface area contributed by atoms with Gasteiger partial charge in [0.05, 0.1) is 12.5 Å². The number of amides is 2. The van der Waals surface area contributed by atoms with Crippen LogP contribution in [0.3, 0.4) is 0 Å². The minimum absolute atomic E-state index is 0.0603. The van der Waals surface area contributed by atoms with Crippen LogP contribution in [-0.4, -0.2) is 62.0 Å². The average molecular weight is 322 g/mol. The Morgan fingerprint density at radius 2 is 2.17 bits per heavy atom. The quantitative estimate of drug-likeness (QED) is 0.705. The maximum absolute atomic E-state index is 12.5. The highest BCUT2D eigenvalue weighted by Gasteiger charge is 2.30. The fraction of sp³-hybridized carbons (Fsp3) is 0.778. The molecule has 23 heavy (non-hydrogen) atoms. The number of hydrogen-bond donors (Lipinski definition) is 0. The Labute approximate surface area is 139 Å². The number of ether oxygens (including phenoxy) is 1. The van der Waals surface area contributed by atoms with E-state index in [-0.39, 0.29) is 17.7 Å². The molecular formula is C18H30N2O3. The lowest BCUT2D eigenvalue weighted by atomic mass is 9.94. The van der Waals surface area contributed by atoms with Crippen molar-refractivity contribution < 1.29 is 14.3 Å². The number of piperidine rings is 1. The summed E-state index contributed by atoms with van der Waals surface area (Å²) in [5.41, 5.74) is 1.28. The molecular weight excluding hydrogens is 292 g/mol. The maximum atomic E-state index is 12.5. The Morgan fingerprint density at radius 3 is 2.87 bits per heavy atom. The van der Waals surface area contributed by atoms with Crippen molar-refractivity contribution in [3.8, 4) is 0 Å². The molecule has 5 heteroatoms. The molecule has 2 amide bonds. The second-order valence-corrected chi connectivity index (χ2v) is 6.72. The molecule has 2 aliphatic rings. The summed E-state index contributed by atoms with van der Waals surface area (Å²) in [4.78, 5) is 28.6. The molecule has 0 radical (unpaired) electrons. The van der Waals surface area contributed by atoms with Crippen LogP contribution in [0.4, 0.5) is 0 Å². The van der Waals surface area contributed by atoms with Crippen LogP contribution in [0.15, 0.2) is 11.6 Å². The number of nitrogens with zero attached hydrogens (tertiary/aromatic N) is 2. The summed E-state index contributed by atoms with van der Waals surface area (Å²) >= 11 is 0. The van der Waals surface area contributed by atoms with Gasteiger partial charge in [-0.2, -0.15) is 0 Å². The molecule has 0 aromatic heterocycles. The third-order valence-electron chi connectivity index (χ3n) is 4.89. The van der Waals surface area contributed by atoms with Crippen LogP contribution in [-0.2, 0) is 14.3 Å². The smallest absolute Gasteiger partial charge is 0.227 e. The molecule has 1 saturated heterocycles. The molecule has 2 rings (SSSR count). The number of likely N-dealkylation sites (tertiary alicyclic amines) is 1. The van der Waals surface area contributed by atoms with E-state index in [9.17, 15) is 9.59 Å². The summed E-state index contributed by atoms with van der Waals surface area (Å²) in [6.07, 6.45) is 9.17. The topological polar surface area (TPSA) is 49.9 Å². The molecule has 0 unspecified atom stereocenters. The van der Waals surface area contributed by atoms with E-state index in [4.69, 9.17) is 4.74 Å². The standard InChI is InChI=1S/C18H30N2O3/c1-19(11-12-23-2)18(22)16-9-6-10-20(14-16)17(21)13-15-7-4-3-5-8-15/h7,16H,3-6,8-14H2,1-2H3/t16-/m0/s1. The molecule has 0 spiro atoms. The molecule has 1 fully saturated rings. The third-order valence-corrected chi connectivity index (χ3v) is 4.89. The summed E-state index contributed by atoms with van der Waals surface area (Å²) in [5, 5.41) is 0. The van der Waals surface area contributed by atoms with Gasteiger partial charge in [-0.3, -0.25) is 9.59 Å². The average Bonchev–Trinajstić information content (AvgIpc) is 2.60. The molecule has 0 saturated carbocycles. The predicted molar refractivity (Wildman–Crippen MR) is 90.0 cm³/mol. The van der Waals surface area contributed by atoms with Crippen LogP contribution >= 0.6 is 0 Å². The summed E-state index contributed by atoms with van der Waals surface area (Å²) in [5.74, 6) is 0.265. The van der Waals surface area contributed by atoms with Crippen LogP contribution in [0, 0.1) is 5.92 Å². The van der Waals surface area contributed by atoms with Gasteiger partial charge in [-0.25, -0.2) is 0 Å². The zero-order valence-corrected chi connectivity index (χ0v) is 14.6. The molecule has 5 nitrogen and oxygen atoms in total. The number of hydrogen-bond acceptors (Lipinski definition) is 3. The second-order valence-electron chi connectivity index (χ2n) is 6.72. The highest BCUT2D eigenvalue weighted by Crippen LogP contribution is 2.23. The maximum Gasteiger partial charge on any atom is 0.227 e. The van der Waals surface area contributed by atoms with Gasteiger partial charge in [0.25, 0.3) is 0 Å². The number of likely N-dealkylation sites (N-methyl/N-ethyl adjacent to an activating group) is 1. The molecule has 0 N–H and O–H groups in total. The third kappa shape index (κ3) is 5.34. The Hall–Kier alpha value is -1.36.